The van der Waals surface area contributed by atoms with Crippen molar-refractivity contribution in [3.63, 3.8) is 0 Å². The third kappa shape index (κ3) is 6.65. The molecular formula is C26H46N2O8SSi2. The van der Waals surface area contributed by atoms with Crippen LogP contribution in [0.5, 0.6) is 0 Å². The molecule has 0 radical (unpaired) electrons. The molecule has 3 rings (SSSR count). The van der Waals surface area contributed by atoms with Crippen molar-refractivity contribution in [2.75, 3.05) is 6.61 Å². The van der Waals surface area contributed by atoms with E-state index in [0.717, 1.165) is 11.8 Å². The summed E-state index contributed by atoms with van der Waals surface area (Å²) in [5.74, 6) is 0. The van der Waals surface area contributed by atoms with E-state index in [2.05, 4.69) is 60.4 Å². The van der Waals surface area contributed by atoms with Gasteiger partial charge in [0.15, 0.2) is 12.3 Å². The Kier molecular flexibility index (Phi) is 9.89. The van der Waals surface area contributed by atoms with E-state index < -0.39 is 58.2 Å². The van der Waals surface area contributed by atoms with Crippen molar-refractivity contribution in [2.24, 2.45) is 0 Å². The smallest absolute Gasteiger partial charge is 0.368 e. The summed E-state index contributed by atoms with van der Waals surface area (Å²) in [7, 11) is -5.86. The van der Waals surface area contributed by atoms with E-state index in [0.29, 0.717) is 0 Å². The second-order valence-corrected chi connectivity index (χ2v) is 23.3. The number of rotatable bonds is 6. The molecule has 1 aromatic rings. The maximum absolute atomic E-state index is 13.1. The fourth-order valence-electron chi connectivity index (χ4n) is 5.48. The number of hydrogen-bond acceptors (Lipinski definition) is 9. The summed E-state index contributed by atoms with van der Waals surface area (Å²) >= 11 is 1.05. The van der Waals surface area contributed by atoms with Gasteiger partial charge >= 0.3 is 28.1 Å². The lowest BCUT2D eigenvalue weighted by atomic mass is 10.1. The number of H-pyrrole nitrogens is 1. The predicted molar refractivity (Wildman–Crippen MR) is 157 cm³/mol. The fourth-order valence-corrected chi connectivity index (χ4v) is 17.4. The normalized spacial score (nSPS) is 27.1. The first-order valence-electron chi connectivity index (χ1n) is 13.8. The molecule has 1 aromatic heterocycles. The van der Waals surface area contributed by atoms with Gasteiger partial charge in [0, 0.05) is 17.0 Å². The Hall–Kier alpha value is -1.23. The third-order valence-electron chi connectivity index (χ3n) is 7.36. The van der Waals surface area contributed by atoms with Crippen LogP contribution >= 0.6 is 11.8 Å². The number of aromatic nitrogens is 2. The Morgan fingerprint density at radius 2 is 1.59 bits per heavy atom. The first-order chi connectivity index (χ1) is 17.9. The molecule has 10 nitrogen and oxygen atoms in total. The minimum atomic E-state index is -3.05. The van der Waals surface area contributed by atoms with E-state index in [1.807, 2.05) is 20.8 Å². The lowest BCUT2D eigenvalue weighted by Crippen LogP contribution is -2.66. The SMILES string of the molecule is CC(C)[Si]1(C(C)C)OC[C@@H]2O[C@@H](n3ccc(=O)[nH]c3=O)[C@@H](OC(=O)SC(C)(C)C)C2O[Si](C(C)C)(C(C)C)O1. The Morgan fingerprint density at radius 1 is 1.03 bits per heavy atom. The Bertz CT molecular complexity index is 1110. The van der Waals surface area contributed by atoms with Gasteiger partial charge in [0.25, 0.3) is 5.56 Å². The number of nitrogens with zero attached hydrogens (tertiary/aromatic N) is 1. The number of carbonyl (C=O) groups is 1. The van der Waals surface area contributed by atoms with Crippen molar-refractivity contribution in [3.05, 3.63) is 33.1 Å². The predicted octanol–water partition coefficient (Wildman–Crippen LogP) is 5.43. The summed E-state index contributed by atoms with van der Waals surface area (Å²) in [6, 6.07) is 1.24. The van der Waals surface area contributed by atoms with Gasteiger partial charge in [0.05, 0.1) is 6.61 Å². The highest BCUT2D eigenvalue weighted by molar-refractivity contribution is 8.14. The van der Waals surface area contributed by atoms with Gasteiger partial charge in [0.2, 0.25) is 0 Å². The van der Waals surface area contributed by atoms with Crippen molar-refractivity contribution in [1.29, 1.82) is 0 Å². The minimum absolute atomic E-state index is 0.0550. The molecular weight excluding hydrogens is 557 g/mol. The van der Waals surface area contributed by atoms with E-state index in [1.165, 1.54) is 16.8 Å². The number of thioether (sulfide) groups is 1. The number of aromatic amines is 1. The maximum Gasteiger partial charge on any atom is 0.368 e. The number of carbonyl (C=O) groups excluding carboxylic acids is 1. The van der Waals surface area contributed by atoms with Crippen LogP contribution in [0.3, 0.4) is 0 Å². The molecule has 3 heterocycles. The van der Waals surface area contributed by atoms with Crippen LogP contribution in [-0.4, -0.2) is 61.6 Å². The van der Waals surface area contributed by atoms with Crippen LogP contribution in [0, 0.1) is 0 Å². The summed E-state index contributed by atoms with van der Waals surface area (Å²) in [5.41, 5.74) is -0.775. The lowest BCUT2D eigenvalue weighted by Gasteiger charge is -2.51. The molecule has 2 aliphatic heterocycles. The number of nitrogens with one attached hydrogen (secondary N) is 1. The molecule has 222 valence electrons. The first kappa shape index (κ1) is 32.3. The largest absolute Gasteiger partial charge is 0.447 e. The van der Waals surface area contributed by atoms with Crippen molar-refractivity contribution < 1.29 is 27.2 Å². The summed E-state index contributed by atoms with van der Waals surface area (Å²) in [6.45, 7) is 22.9. The van der Waals surface area contributed by atoms with Crippen LogP contribution < -0.4 is 11.2 Å². The van der Waals surface area contributed by atoms with E-state index >= 15 is 0 Å². The monoisotopic (exact) mass is 602 g/mol. The quantitative estimate of drug-likeness (QED) is 0.336. The Labute approximate surface area is 238 Å². The molecule has 4 atom stereocenters. The van der Waals surface area contributed by atoms with Crippen LogP contribution in [-0.2, 0) is 22.4 Å². The maximum atomic E-state index is 13.1. The minimum Gasteiger partial charge on any atom is -0.447 e. The molecule has 0 bridgehead atoms. The second-order valence-electron chi connectivity index (χ2n) is 12.7. The summed E-state index contributed by atoms with van der Waals surface area (Å²) < 4.78 is 34.5. The molecule has 2 aliphatic rings. The molecule has 0 aromatic carbocycles. The topological polar surface area (TPSA) is 118 Å². The fraction of sp³-hybridized carbons (Fsp3) is 0.808. The van der Waals surface area contributed by atoms with Gasteiger partial charge < -0.3 is 22.4 Å². The van der Waals surface area contributed by atoms with Crippen LogP contribution in [0.15, 0.2) is 21.9 Å². The number of fused-ring (bicyclic) bond motifs is 1. The average molecular weight is 603 g/mol. The van der Waals surface area contributed by atoms with E-state index in [4.69, 9.17) is 22.4 Å². The lowest BCUT2D eigenvalue weighted by molar-refractivity contribution is -0.0601. The first-order valence-corrected chi connectivity index (χ1v) is 18.6. The van der Waals surface area contributed by atoms with E-state index in [9.17, 15) is 14.4 Å². The van der Waals surface area contributed by atoms with Gasteiger partial charge in [-0.3, -0.25) is 14.3 Å². The van der Waals surface area contributed by atoms with Crippen LogP contribution in [0.25, 0.3) is 0 Å². The third-order valence-corrected chi connectivity index (χ3v) is 18.5. The highest BCUT2D eigenvalue weighted by Crippen LogP contribution is 2.49. The van der Waals surface area contributed by atoms with Gasteiger partial charge in [-0.05, 0) is 33.9 Å². The Morgan fingerprint density at radius 3 is 2.08 bits per heavy atom. The zero-order valence-electron chi connectivity index (χ0n) is 25.1. The van der Waals surface area contributed by atoms with Crippen LogP contribution in [0.1, 0.15) is 82.4 Å². The van der Waals surface area contributed by atoms with E-state index in [1.54, 1.807) is 0 Å². The van der Waals surface area contributed by atoms with Crippen LogP contribution in [0.4, 0.5) is 4.79 Å². The highest BCUT2D eigenvalue weighted by Gasteiger charge is 2.62. The number of hydrogen-bond donors (Lipinski definition) is 1. The Balaban J connectivity index is 2.16. The van der Waals surface area contributed by atoms with Gasteiger partial charge in [-0.1, -0.05) is 76.2 Å². The molecule has 0 aliphatic carbocycles. The van der Waals surface area contributed by atoms with Gasteiger partial charge in [-0.2, -0.15) is 0 Å². The molecule has 2 fully saturated rings. The molecule has 39 heavy (non-hydrogen) atoms. The summed E-state index contributed by atoms with van der Waals surface area (Å²) in [6.07, 6.45) is -1.98. The van der Waals surface area contributed by atoms with Gasteiger partial charge in [-0.25, -0.2) is 9.59 Å². The molecule has 0 saturated carbocycles. The van der Waals surface area contributed by atoms with E-state index in [-0.39, 0.29) is 33.5 Å². The van der Waals surface area contributed by atoms with Crippen molar-refractivity contribution in [2.45, 2.75) is 128 Å². The standard InChI is InChI=1S/C26H46N2O8SSi2/c1-15(2)38(16(3)4)32-14-19-21(35-39(36-38,17(5)6)18(7)8)22(34-25(31)37-26(9,10)11)23(33-19)28-13-12-20(29)27-24(28)30/h12-13,15-19,21-23H,14H2,1-11H3,(H,27,29,30)/t19-,21?,22-,23+/m0/s1. The zero-order valence-corrected chi connectivity index (χ0v) is 27.9. The molecule has 0 spiro atoms. The molecule has 2 saturated heterocycles. The molecule has 1 unspecified atom stereocenters. The summed E-state index contributed by atoms with van der Waals surface area (Å²) in [4.78, 5) is 40.0. The molecule has 0 amide bonds. The van der Waals surface area contributed by atoms with Crippen molar-refractivity contribution >= 4 is 34.2 Å². The van der Waals surface area contributed by atoms with Crippen molar-refractivity contribution in [3.8, 4) is 0 Å². The molecule has 13 heteroatoms. The number of ether oxygens (including phenoxy) is 2. The second kappa shape index (κ2) is 11.9. The molecule has 1 N–H and O–H groups in total. The summed E-state index contributed by atoms with van der Waals surface area (Å²) in [5, 5.41) is -0.499. The van der Waals surface area contributed by atoms with Gasteiger partial charge in [0.1, 0.15) is 12.2 Å². The average Bonchev–Trinajstić information content (AvgIpc) is 3.07. The van der Waals surface area contributed by atoms with Crippen molar-refractivity contribution in [1.82, 2.24) is 9.55 Å². The van der Waals surface area contributed by atoms with Crippen LogP contribution in [0.2, 0.25) is 22.2 Å². The van der Waals surface area contributed by atoms with Gasteiger partial charge in [-0.15, -0.1) is 0 Å². The highest BCUT2D eigenvalue weighted by atomic mass is 32.2. The zero-order chi connectivity index (χ0) is 29.5.